The summed E-state index contributed by atoms with van der Waals surface area (Å²) in [6, 6.07) is 6.63. The van der Waals surface area contributed by atoms with Crippen molar-refractivity contribution < 1.29 is 19.4 Å². The zero-order valence-electron chi connectivity index (χ0n) is 20.9. The van der Waals surface area contributed by atoms with Crippen LogP contribution in [0.2, 0.25) is 5.15 Å². The fourth-order valence-corrected chi connectivity index (χ4v) is 4.44. The zero-order chi connectivity index (χ0) is 26.6. The zero-order valence-corrected chi connectivity index (χ0v) is 21.7. The van der Waals surface area contributed by atoms with Gasteiger partial charge in [0.25, 0.3) is 12.0 Å². The van der Waals surface area contributed by atoms with E-state index in [1.54, 1.807) is 17.7 Å². The van der Waals surface area contributed by atoms with Gasteiger partial charge in [-0.3, -0.25) is 14.2 Å². The number of hydrogen-bond donors (Lipinski definition) is 2. The Labute approximate surface area is 213 Å². The third kappa shape index (κ3) is 5.76. The maximum Gasteiger partial charge on any atom is 0.356 e. The van der Waals surface area contributed by atoms with E-state index in [1.807, 2.05) is 26.0 Å². The lowest BCUT2D eigenvalue weighted by Crippen LogP contribution is -2.30. The fourth-order valence-electron chi connectivity index (χ4n) is 4.30. The highest BCUT2D eigenvalue weighted by Crippen LogP contribution is 2.30. The first-order chi connectivity index (χ1) is 17.1. The van der Waals surface area contributed by atoms with E-state index in [0.29, 0.717) is 34.9 Å². The summed E-state index contributed by atoms with van der Waals surface area (Å²) in [4.78, 5) is 44.8. The highest BCUT2D eigenvalue weighted by molar-refractivity contribution is 6.29. The van der Waals surface area contributed by atoms with Crippen LogP contribution in [0.1, 0.15) is 47.9 Å². The number of pyridine rings is 1. The van der Waals surface area contributed by atoms with Crippen molar-refractivity contribution in [1.29, 1.82) is 0 Å². The third-order valence-electron chi connectivity index (χ3n) is 6.04. The van der Waals surface area contributed by atoms with E-state index in [4.69, 9.17) is 21.4 Å². The van der Waals surface area contributed by atoms with Crippen LogP contribution in [-0.4, -0.2) is 52.3 Å². The van der Waals surface area contributed by atoms with E-state index < -0.39 is 5.97 Å². The first kappa shape index (κ1) is 26.9. The Kier molecular flexibility index (Phi) is 8.52. The van der Waals surface area contributed by atoms with Crippen LogP contribution in [0.3, 0.4) is 0 Å². The molecule has 2 unspecified atom stereocenters. The van der Waals surface area contributed by atoms with E-state index in [-0.39, 0.29) is 22.4 Å². The van der Waals surface area contributed by atoms with Gasteiger partial charge in [0.05, 0.1) is 29.7 Å². The number of benzene rings is 1. The number of carbonyl (C=O) groups excluding carboxylic acids is 1. The van der Waals surface area contributed by atoms with Gasteiger partial charge in [0, 0.05) is 25.7 Å². The van der Waals surface area contributed by atoms with Crippen molar-refractivity contribution in [2.75, 3.05) is 30.4 Å². The molecule has 2 N–H and O–H groups in total. The van der Waals surface area contributed by atoms with Crippen molar-refractivity contribution in [3.63, 3.8) is 0 Å². The number of ether oxygens (including phenoxy) is 1. The van der Waals surface area contributed by atoms with E-state index >= 15 is 0 Å². The molecule has 0 spiro atoms. The number of carboxylic acids is 1. The van der Waals surface area contributed by atoms with Gasteiger partial charge in [-0.1, -0.05) is 24.6 Å². The lowest BCUT2D eigenvalue weighted by molar-refractivity contribution is -0.126. The number of nitrogens with zero attached hydrogens (tertiary/aromatic N) is 4. The van der Waals surface area contributed by atoms with E-state index in [9.17, 15) is 14.7 Å². The number of methoxy groups -OCH3 is 1. The molecule has 0 radical (unpaired) electrons. The van der Waals surface area contributed by atoms with Crippen LogP contribution in [-0.2, 0) is 16.6 Å². The fraction of sp³-hybridized carbons (Fsp3) is 0.400. The summed E-state index contributed by atoms with van der Waals surface area (Å²) in [7, 11) is 3.07. The quantitative estimate of drug-likeness (QED) is 0.372. The Morgan fingerprint density at radius 3 is 2.61 bits per heavy atom. The molecule has 0 aliphatic carbocycles. The summed E-state index contributed by atoms with van der Waals surface area (Å²) in [6.45, 7) is 8.13. The first-order valence-corrected chi connectivity index (χ1v) is 11.8. The molecule has 0 saturated carbocycles. The molecule has 2 atom stereocenters. The summed E-state index contributed by atoms with van der Waals surface area (Å²) in [5.41, 5.74) is 2.46. The Morgan fingerprint density at radius 2 is 2.03 bits per heavy atom. The number of anilines is 2. The predicted octanol–water partition coefficient (Wildman–Crippen LogP) is 3.80. The van der Waals surface area contributed by atoms with Crippen LogP contribution in [0, 0.1) is 12.8 Å². The summed E-state index contributed by atoms with van der Waals surface area (Å²) in [6.07, 6.45) is 1.06. The second-order valence-corrected chi connectivity index (χ2v) is 9.29. The van der Waals surface area contributed by atoms with Gasteiger partial charge in [-0.15, -0.1) is 0 Å². The highest BCUT2D eigenvalue weighted by Gasteiger charge is 2.25. The Balaban J connectivity index is 0.000000840. The monoisotopic (exact) mass is 515 g/mol. The van der Waals surface area contributed by atoms with Gasteiger partial charge in [0.15, 0.2) is 5.69 Å². The van der Waals surface area contributed by atoms with Crippen LogP contribution in [0.5, 0.6) is 0 Å². The second-order valence-electron chi connectivity index (χ2n) is 8.90. The van der Waals surface area contributed by atoms with Gasteiger partial charge in [-0.25, -0.2) is 14.8 Å². The predicted molar refractivity (Wildman–Crippen MR) is 139 cm³/mol. The molecular weight excluding hydrogens is 486 g/mol. The van der Waals surface area contributed by atoms with Crippen molar-refractivity contribution in [2.24, 2.45) is 13.0 Å². The minimum Gasteiger partial charge on any atom is -0.476 e. The number of halogens is 1. The SMILES string of the molecule is COC=O.Cc1cc(C(C)Nc2ccc(Cl)nc2C(=O)O)c2nc(N3CCC(C)C3)n(C)c(=O)c2c1. The molecule has 1 fully saturated rings. The highest BCUT2D eigenvalue weighted by atomic mass is 35.5. The Bertz CT molecular complexity index is 1340. The lowest BCUT2D eigenvalue weighted by Gasteiger charge is -2.23. The number of hydrogen-bond acceptors (Lipinski definition) is 8. The number of nitrogens with one attached hydrogen (secondary N) is 1. The molecule has 2 aromatic heterocycles. The largest absolute Gasteiger partial charge is 0.476 e. The Hall–Kier alpha value is -3.66. The lowest BCUT2D eigenvalue weighted by atomic mass is 10.0. The molecule has 1 aliphatic rings. The molecular formula is C25H30ClN5O5. The third-order valence-corrected chi connectivity index (χ3v) is 6.25. The molecule has 3 aromatic rings. The van der Waals surface area contributed by atoms with Crippen LogP contribution in [0.4, 0.5) is 11.6 Å². The molecule has 192 valence electrons. The van der Waals surface area contributed by atoms with Crippen molar-refractivity contribution in [3.8, 4) is 0 Å². The molecule has 1 aromatic carbocycles. The summed E-state index contributed by atoms with van der Waals surface area (Å²) in [5.74, 6) is 0.0322. The molecule has 3 heterocycles. The molecule has 11 heteroatoms. The summed E-state index contributed by atoms with van der Waals surface area (Å²) in [5, 5.41) is 13.4. The van der Waals surface area contributed by atoms with Crippen molar-refractivity contribution in [1.82, 2.24) is 14.5 Å². The van der Waals surface area contributed by atoms with Gasteiger partial charge in [-0.2, -0.15) is 0 Å². The number of fused-ring (bicyclic) bond motifs is 1. The molecule has 36 heavy (non-hydrogen) atoms. The van der Waals surface area contributed by atoms with Crippen LogP contribution < -0.4 is 15.8 Å². The minimum absolute atomic E-state index is 0.0962. The van der Waals surface area contributed by atoms with E-state index in [1.165, 1.54) is 13.2 Å². The van der Waals surface area contributed by atoms with Crippen LogP contribution in [0.15, 0.2) is 29.1 Å². The average molecular weight is 516 g/mol. The van der Waals surface area contributed by atoms with Gasteiger partial charge in [-0.05, 0) is 49.9 Å². The molecule has 0 amide bonds. The maximum absolute atomic E-state index is 13.2. The normalized spacial score (nSPS) is 15.7. The maximum atomic E-state index is 13.2. The van der Waals surface area contributed by atoms with Crippen molar-refractivity contribution in [3.05, 3.63) is 56.6 Å². The van der Waals surface area contributed by atoms with Crippen LogP contribution in [0.25, 0.3) is 10.9 Å². The van der Waals surface area contributed by atoms with Crippen molar-refractivity contribution in [2.45, 2.75) is 33.2 Å². The number of carbonyl (C=O) groups is 2. The number of aryl methyl sites for hydroxylation is 1. The van der Waals surface area contributed by atoms with Gasteiger partial charge in [0.2, 0.25) is 5.95 Å². The molecule has 1 saturated heterocycles. The standard InChI is InChI=1S/C23H26ClN5O3.C2H4O2/c1-12-7-8-29(11-12)23-27-19-15(9-13(2)10-16(19)21(30)28(23)4)14(3)25-17-5-6-18(24)26-20(17)22(31)32;1-4-2-3/h5-6,9-10,12,14,25H,7-8,11H2,1-4H3,(H,31,32);2H,1H3. The molecule has 1 aliphatic heterocycles. The number of aromatic carboxylic acids is 1. The first-order valence-electron chi connectivity index (χ1n) is 11.5. The van der Waals surface area contributed by atoms with E-state index in [2.05, 4.69) is 26.9 Å². The topological polar surface area (TPSA) is 127 Å². The van der Waals surface area contributed by atoms with Gasteiger partial charge in [0.1, 0.15) is 5.15 Å². The summed E-state index contributed by atoms with van der Waals surface area (Å²) >= 11 is 5.88. The number of aromatic nitrogens is 3. The Morgan fingerprint density at radius 1 is 1.33 bits per heavy atom. The van der Waals surface area contributed by atoms with E-state index in [0.717, 1.165) is 30.6 Å². The molecule has 10 nitrogen and oxygen atoms in total. The smallest absolute Gasteiger partial charge is 0.356 e. The van der Waals surface area contributed by atoms with Gasteiger partial charge < -0.3 is 20.1 Å². The minimum atomic E-state index is -1.17. The second kappa shape index (κ2) is 11.4. The van der Waals surface area contributed by atoms with Crippen molar-refractivity contribution >= 4 is 46.6 Å². The number of rotatable bonds is 6. The molecule has 4 rings (SSSR count). The molecule has 0 bridgehead atoms. The average Bonchev–Trinajstić information content (AvgIpc) is 3.28. The van der Waals surface area contributed by atoms with Gasteiger partial charge >= 0.3 is 5.97 Å². The van der Waals surface area contributed by atoms with Crippen LogP contribution >= 0.6 is 11.6 Å². The summed E-state index contributed by atoms with van der Waals surface area (Å²) < 4.78 is 5.48. The number of carboxylic acid groups (broad SMARTS) is 1.